The van der Waals surface area contributed by atoms with E-state index in [0.717, 1.165) is 18.8 Å². The fourth-order valence-electron chi connectivity index (χ4n) is 2.22. The van der Waals surface area contributed by atoms with Gasteiger partial charge in [0.25, 0.3) is 0 Å². The van der Waals surface area contributed by atoms with Gasteiger partial charge in [-0.15, -0.1) is 6.58 Å². The predicted molar refractivity (Wildman–Crippen MR) is 63.2 cm³/mol. The van der Waals surface area contributed by atoms with E-state index < -0.39 is 0 Å². The van der Waals surface area contributed by atoms with Gasteiger partial charge in [-0.05, 0) is 43.9 Å². The molecule has 0 rings (SSSR count). The first kappa shape index (κ1) is 13.7. The van der Waals surface area contributed by atoms with Gasteiger partial charge < -0.3 is 5.11 Å². The van der Waals surface area contributed by atoms with Crippen molar-refractivity contribution in [1.29, 1.82) is 0 Å². The van der Waals surface area contributed by atoms with E-state index in [2.05, 4.69) is 34.3 Å². The maximum absolute atomic E-state index is 8.95. The lowest BCUT2D eigenvalue weighted by molar-refractivity contribution is 0.208. The average molecular weight is 198 g/mol. The lowest BCUT2D eigenvalue weighted by atomic mass is 9.87. The Balaban J connectivity index is 3.70. The van der Waals surface area contributed by atoms with Crippen molar-refractivity contribution >= 4 is 0 Å². The third-order valence-electron chi connectivity index (χ3n) is 2.62. The van der Waals surface area contributed by atoms with E-state index in [4.69, 9.17) is 5.11 Å². The molecular weight excluding hydrogens is 172 g/mol. The van der Waals surface area contributed by atoms with Gasteiger partial charge in [0.15, 0.2) is 0 Å². The number of hydrogen-bond donors (Lipinski definition) is 1. The first-order chi connectivity index (χ1) is 6.45. The monoisotopic (exact) mass is 198 g/mol. The van der Waals surface area contributed by atoms with Crippen molar-refractivity contribution in [3.8, 4) is 0 Å². The van der Waals surface area contributed by atoms with Crippen LogP contribution in [0, 0.1) is 17.8 Å². The molecule has 0 heterocycles. The molecule has 14 heavy (non-hydrogen) atoms. The van der Waals surface area contributed by atoms with Gasteiger partial charge in [0, 0.05) is 6.61 Å². The van der Waals surface area contributed by atoms with Crippen LogP contribution in [-0.4, -0.2) is 11.7 Å². The Hall–Kier alpha value is -0.300. The van der Waals surface area contributed by atoms with Crippen molar-refractivity contribution < 1.29 is 5.11 Å². The molecule has 1 N–H and O–H groups in total. The van der Waals surface area contributed by atoms with Gasteiger partial charge in [-0.2, -0.15) is 0 Å². The Morgan fingerprint density at radius 1 is 1.07 bits per heavy atom. The average Bonchev–Trinajstić information content (AvgIpc) is 2.01. The molecular formula is C13H26O. The Bertz CT molecular complexity index is 163. The zero-order chi connectivity index (χ0) is 11.1. The van der Waals surface area contributed by atoms with Crippen LogP contribution in [0.2, 0.25) is 0 Å². The zero-order valence-electron chi connectivity index (χ0n) is 10.2. The standard InChI is InChI=1S/C13H26O/c1-10(2)6-11(3)7-12(4)8-13(5)9-14/h11-14H,1,6-9H2,2-5H3/t11-,12-,13+/m1/s1. The molecule has 0 aromatic rings. The summed E-state index contributed by atoms with van der Waals surface area (Å²) >= 11 is 0. The van der Waals surface area contributed by atoms with Crippen molar-refractivity contribution in [2.45, 2.75) is 47.0 Å². The smallest absolute Gasteiger partial charge is 0.0456 e. The molecule has 0 bridgehead atoms. The highest BCUT2D eigenvalue weighted by Gasteiger charge is 2.11. The van der Waals surface area contributed by atoms with Crippen LogP contribution in [-0.2, 0) is 0 Å². The summed E-state index contributed by atoms with van der Waals surface area (Å²) in [5.41, 5.74) is 1.28. The van der Waals surface area contributed by atoms with Crippen molar-refractivity contribution in [3.05, 3.63) is 12.2 Å². The van der Waals surface area contributed by atoms with E-state index in [9.17, 15) is 0 Å². The Morgan fingerprint density at radius 3 is 2.00 bits per heavy atom. The molecule has 3 atom stereocenters. The van der Waals surface area contributed by atoms with Crippen molar-refractivity contribution in [3.63, 3.8) is 0 Å². The van der Waals surface area contributed by atoms with Crippen LogP contribution in [0.25, 0.3) is 0 Å². The van der Waals surface area contributed by atoms with E-state index in [1.807, 2.05) is 0 Å². The van der Waals surface area contributed by atoms with E-state index in [0.29, 0.717) is 18.4 Å². The second kappa shape index (κ2) is 7.05. The lowest BCUT2D eigenvalue weighted by Gasteiger charge is -2.19. The second-order valence-corrected chi connectivity index (χ2v) is 5.13. The minimum Gasteiger partial charge on any atom is -0.396 e. The van der Waals surface area contributed by atoms with Gasteiger partial charge >= 0.3 is 0 Å². The summed E-state index contributed by atoms with van der Waals surface area (Å²) in [7, 11) is 0. The van der Waals surface area contributed by atoms with Crippen LogP contribution in [0.3, 0.4) is 0 Å². The highest BCUT2D eigenvalue weighted by atomic mass is 16.3. The Labute approximate surface area is 89.2 Å². The quantitative estimate of drug-likeness (QED) is 0.619. The Kier molecular flexibility index (Phi) is 6.90. The molecule has 0 aliphatic rings. The van der Waals surface area contributed by atoms with E-state index in [1.54, 1.807) is 0 Å². The number of hydrogen-bond acceptors (Lipinski definition) is 1. The molecule has 0 aliphatic heterocycles. The van der Waals surface area contributed by atoms with Crippen LogP contribution < -0.4 is 0 Å². The predicted octanol–water partition coefficient (Wildman–Crippen LogP) is 3.63. The highest BCUT2D eigenvalue weighted by Crippen LogP contribution is 2.23. The lowest BCUT2D eigenvalue weighted by Crippen LogP contribution is -2.10. The zero-order valence-corrected chi connectivity index (χ0v) is 10.2. The van der Waals surface area contributed by atoms with Crippen LogP contribution in [0.4, 0.5) is 0 Å². The van der Waals surface area contributed by atoms with E-state index in [1.165, 1.54) is 12.0 Å². The van der Waals surface area contributed by atoms with Crippen LogP contribution in [0.1, 0.15) is 47.0 Å². The van der Waals surface area contributed by atoms with Gasteiger partial charge in [0.1, 0.15) is 0 Å². The summed E-state index contributed by atoms with van der Waals surface area (Å²) in [6.45, 7) is 13.0. The summed E-state index contributed by atoms with van der Waals surface area (Å²) in [5, 5.41) is 8.95. The first-order valence-corrected chi connectivity index (χ1v) is 5.70. The molecule has 0 fully saturated rings. The minimum atomic E-state index is 0.319. The maximum atomic E-state index is 8.95. The highest BCUT2D eigenvalue weighted by molar-refractivity contribution is 4.89. The van der Waals surface area contributed by atoms with Crippen LogP contribution >= 0.6 is 0 Å². The fraction of sp³-hybridized carbons (Fsp3) is 0.846. The molecule has 0 aliphatic carbocycles. The number of aliphatic hydroxyl groups excluding tert-OH is 1. The van der Waals surface area contributed by atoms with Crippen LogP contribution in [0.15, 0.2) is 12.2 Å². The van der Waals surface area contributed by atoms with Gasteiger partial charge in [-0.3, -0.25) is 0 Å². The van der Waals surface area contributed by atoms with Crippen molar-refractivity contribution in [2.75, 3.05) is 6.61 Å². The maximum Gasteiger partial charge on any atom is 0.0456 e. The SMILES string of the molecule is C=C(C)C[C@@H](C)C[C@@H](C)C[C@H](C)CO. The third kappa shape index (κ3) is 7.14. The molecule has 0 radical (unpaired) electrons. The van der Waals surface area contributed by atoms with Crippen molar-refractivity contribution in [2.24, 2.45) is 17.8 Å². The van der Waals surface area contributed by atoms with E-state index >= 15 is 0 Å². The van der Waals surface area contributed by atoms with Gasteiger partial charge in [-0.1, -0.05) is 26.3 Å². The molecule has 0 spiro atoms. The van der Waals surface area contributed by atoms with Gasteiger partial charge in [0.05, 0.1) is 0 Å². The largest absolute Gasteiger partial charge is 0.396 e. The summed E-state index contributed by atoms with van der Waals surface area (Å²) in [4.78, 5) is 0. The van der Waals surface area contributed by atoms with Crippen LogP contribution in [0.5, 0.6) is 0 Å². The normalized spacial score (nSPS) is 17.5. The fourth-order valence-corrected chi connectivity index (χ4v) is 2.22. The Morgan fingerprint density at radius 2 is 1.57 bits per heavy atom. The van der Waals surface area contributed by atoms with Crippen molar-refractivity contribution in [1.82, 2.24) is 0 Å². The van der Waals surface area contributed by atoms with E-state index in [-0.39, 0.29) is 0 Å². The minimum absolute atomic E-state index is 0.319. The molecule has 84 valence electrons. The number of rotatable bonds is 7. The first-order valence-electron chi connectivity index (χ1n) is 5.70. The van der Waals surface area contributed by atoms with Gasteiger partial charge in [0.2, 0.25) is 0 Å². The second-order valence-electron chi connectivity index (χ2n) is 5.13. The topological polar surface area (TPSA) is 20.2 Å². The molecule has 0 amide bonds. The molecule has 1 heteroatoms. The summed E-state index contributed by atoms with van der Waals surface area (Å²) < 4.78 is 0. The summed E-state index contributed by atoms with van der Waals surface area (Å²) in [5.74, 6) is 1.89. The molecule has 0 saturated carbocycles. The van der Waals surface area contributed by atoms with Gasteiger partial charge in [-0.25, -0.2) is 0 Å². The molecule has 0 saturated heterocycles. The molecule has 1 nitrogen and oxygen atoms in total. The third-order valence-corrected chi connectivity index (χ3v) is 2.62. The summed E-state index contributed by atoms with van der Waals surface area (Å²) in [6.07, 6.45) is 3.52. The molecule has 0 unspecified atom stereocenters. The number of allylic oxidation sites excluding steroid dienone is 1. The summed E-state index contributed by atoms with van der Waals surface area (Å²) in [6, 6.07) is 0. The number of aliphatic hydroxyl groups is 1. The molecule has 0 aromatic carbocycles. The molecule has 0 aromatic heterocycles.